The van der Waals surface area contributed by atoms with Crippen molar-refractivity contribution in [3.63, 3.8) is 0 Å². The summed E-state index contributed by atoms with van der Waals surface area (Å²) in [7, 11) is 0. The van der Waals surface area contributed by atoms with Crippen LogP contribution in [0.1, 0.15) is 40.5 Å². The molecule has 1 N–H and O–H groups in total. The highest BCUT2D eigenvalue weighted by Crippen LogP contribution is 2.34. The van der Waals surface area contributed by atoms with E-state index in [1.54, 1.807) is 0 Å². The van der Waals surface area contributed by atoms with Crippen LogP contribution >= 0.6 is 0 Å². The smallest absolute Gasteiger partial charge is 0.168 e. The van der Waals surface area contributed by atoms with Gasteiger partial charge in [-0.3, -0.25) is 4.79 Å². The Hall–Kier alpha value is -2.88. The van der Waals surface area contributed by atoms with E-state index in [0.717, 1.165) is 29.1 Å². The molecule has 1 aromatic heterocycles. The number of Topliss-reactive ketones (excluding diaryl/α,β-unsaturated/α-hetero) is 1. The average molecular weight is 345 g/mol. The highest BCUT2D eigenvalue weighted by atomic mass is 16.1. The molecule has 1 heterocycles. The summed E-state index contributed by atoms with van der Waals surface area (Å²) >= 11 is 0. The first kappa shape index (κ1) is 16.6. The molecule has 4 heteroatoms. The number of benzene rings is 2. The minimum Gasteiger partial charge on any atom is -0.338 e. The number of rotatable bonds is 3. The molecule has 132 valence electrons. The van der Waals surface area contributed by atoms with Crippen molar-refractivity contribution in [2.45, 2.75) is 33.6 Å². The first-order valence-corrected chi connectivity index (χ1v) is 9.07. The molecule has 1 aliphatic carbocycles. The minimum absolute atomic E-state index is 0.174. The number of ketones is 1. The van der Waals surface area contributed by atoms with Gasteiger partial charge in [0.2, 0.25) is 0 Å². The first-order valence-electron chi connectivity index (χ1n) is 9.07. The number of para-hydroxylation sites is 1. The zero-order valence-electron chi connectivity index (χ0n) is 15.4. The van der Waals surface area contributed by atoms with Gasteiger partial charge in [-0.2, -0.15) is 0 Å². The number of hydrogen-bond donors (Lipinski definition) is 1. The molecule has 4 rings (SSSR count). The highest BCUT2D eigenvalue weighted by molar-refractivity contribution is 6.03. The molecule has 0 spiro atoms. The van der Waals surface area contributed by atoms with Crippen LogP contribution < -0.4 is 5.32 Å². The van der Waals surface area contributed by atoms with Crippen LogP contribution in [0.3, 0.4) is 0 Å². The lowest BCUT2D eigenvalue weighted by molar-refractivity contribution is 0.0953. The first-order chi connectivity index (χ1) is 12.5. The molecular formula is C22H23N3O. The molecule has 2 aromatic carbocycles. The molecule has 0 saturated heterocycles. The van der Waals surface area contributed by atoms with Crippen molar-refractivity contribution in [1.82, 2.24) is 9.78 Å². The van der Waals surface area contributed by atoms with Crippen molar-refractivity contribution in [2.24, 2.45) is 5.92 Å². The number of carbonyl (C=O) groups excluding carboxylic acids is 1. The quantitative estimate of drug-likeness (QED) is 0.727. The second-order valence-corrected chi connectivity index (χ2v) is 7.36. The third-order valence-corrected chi connectivity index (χ3v) is 4.82. The predicted octanol–water partition coefficient (Wildman–Crippen LogP) is 5.00. The Balaban J connectivity index is 1.83. The van der Waals surface area contributed by atoms with Crippen molar-refractivity contribution in [1.29, 1.82) is 0 Å². The fourth-order valence-electron chi connectivity index (χ4n) is 3.81. The van der Waals surface area contributed by atoms with E-state index in [9.17, 15) is 4.79 Å². The Kier molecular flexibility index (Phi) is 4.11. The molecule has 4 nitrogen and oxygen atoms in total. The van der Waals surface area contributed by atoms with E-state index < -0.39 is 0 Å². The molecule has 0 radical (unpaired) electrons. The van der Waals surface area contributed by atoms with E-state index in [2.05, 4.69) is 44.3 Å². The molecule has 0 saturated carbocycles. The normalized spacial score (nSPS) is 16.4. The molecular weight excluding hydrogens is 322 g/mol. The number of carbonyl (C=O) groups is 1. The highest BCUT2D eigenvalue weighted by Gasteiger charge is 2.31. The summed E-state index contributed by atoms with van der Waals surface area (Å²) in [5.74, 6) is 1.17. The number of fused-ring (bicyclic) bond motifs is 1. The average Bonchev–Trinajstić information content (AvgIpc) is 2.93. The molecule has 26 heavy (non-hydrogen) atoms. The van der Waals surface area contributed by atoms with E-state index >= 15 is 0 Å². The van der Waals surface area contributed by atoms with Gasteiger partial charge < -0.3 is 5.32 Å². The molecule has 0 fully saturated rings. The number of aromatic nitrogens is 2. The Morgan fingerprint density at radius 1 is 1.04 bits per heavy atom. The van der Waals surface area contributed by atoms with Gasteiger partial charge >= 0.3 is 0 Å². The van der Waals surface area contributed by atoms with Crippen LogP contribution in [0.15, 0.2) is 48.5 Å². The van der Waals surface area contributed by atoms with Crippen molar-refractivity contribution >= 4 is 17.3 Å². The van der Waals surface area contributed by atoms with Crippen LogP contribution in [0.2, 0.25) is 0 Å². The Bertz CT molecular complexity index is 952. The zero-order valence-corrected chi connectivity index (χ0v) is 15.4. The van der Waals surface area contributed by atoms with Gasteiger partial charge in [-0.25, -0.2) is 4.68 Å². The van der Waals surface area contributed by atoms with Crippen molar-refractivity contribution in [3.8, 4) is 5.69 Å². The van der Waals surface area contributed by atoms with Crippen LogP contribution in [-0.4, -0.2) is 15.6 Å². The summed E-state index contributed by atoms with van der Waals surface area (Å²) in [5, 5.41) is 8.18. The fourth-order valence-corrected chi connectivity index (χ4v) is 3.81. The van der Waals surface area contributed by atoms with Gasteiger partial charge in [-0.05, 0) is 61.6 Å². The van der Waals surface area contributed by atoms with Gasteiger partial charge in [0, 0.05) is 12.1 Å². The van der Waals surface area contributed by atoms with Crippen LogP contribution in [-0.2, 0) is 6.42 Å². The summed E-state index contributed by atoms with van der Waals surface area (Å²) in [5.41, 5.74) is 6.07. The molecule has 1 aliphatic rings. The van der Waals surface area contributed by atoms with Crippen molar-refractivity contribution in [3.05, 3.63) is 70.9 Å². The van der Waals surface area contributed by atoms with Crippen molar-refractivity contribution < 1.29 is 4.79 Å². The van der Waals surface area contributed by atoms with Gasteiger partial charge in [0.25, 0.3) is 0 Å². The van der Waals surface area contributed by atoms with Gasteiger partial charge in [0.15, 0.2) is 11.6 Å². The molecule has 0 aliphatic heterocycles. The lowest BCUT2D eigenvalue weighted by atomic mass is 9.87. The topological polar surface area (TPSA) is 46.9 Å². The van der Waals surface area contributed by atoms with E-state index in [4.69, 9.17) is 5.10 Å². The standard InChI is InChI=1S/C22H23N3O/c1-14-9-15(2)11-17(10-14)23-22-21-19(12-16(3)13-20(21)26)25(24-22)18-7-5-4-6-8-18/h4-11,16H,12-13H2,1-3H3,(H,23,24). The lowest BCUT2D eigenvalue weighted by Crippen LogP contribution is -2.19. The maximum absolute atomic E-state index is 12.8. The van der Waals surface area contributed by atoms with E-state index in [1.165, 1.54) is 11.1 Å². The summed E-state index contributed by atoms with van der Waals surface area (Å²) < 4.78 is 1.92. The summed E-state index contributed by atoms with van der Waals surface area (Å²) in [6.07, 6.45) is 1.44. The number of nitrogens with one attached hydrogen (secondary N) is 1. The molecule has 3 aromatic rings. The summed E-state index contributed by atoms with van der Waals surface area (Å²) in [6.45, 7) is 6.27. The molecule has 0 bridgehead atoms. The largest absolute Gasteiger partial charge is 0.338 e. The fraction of sp³-hybridized carbons (Fsp3) is 0.273. The Morgan fingerprint density at radius 3 is 2.42 bits per heavy atom. The Labute approximate surface area is 153 Å². The monoisotopic (exact) mass is 345 g/mol. The SMILES string of the molecule is Cc1cc(C)cc(Nc2nn(-c3ccccc3)c3c2C(=O)CC(C)C3)c1. The number of hydrogen-bond acceptors (Lipinski definition) is 3. The van der Waals surface area contributed by atoms with Crippen molar-refractivity contribution in [2.75, 3.05) is 5.32 Å². The maximum Gasteiger partial charge on any atom is 0.168 e. The second-order valence-electron chi connectivity index (χ2n) is 7.36. The third-order valence-electron chi connectivity index (χ3n) is 4.82. The summed E-state index contributed by atoms with van der Waals surface area (Å²) in [4.78, 5) is 12.8. The predicted molar refractivity (Wildman–Crippen MR) is 105 cm³/mol. The zero-order chi connectivity index (χ0) is 18.3. The van der Waals surface area contributed by atoms with Gasteiger partial charge in [-0.1, -0.05) is 31.2 Å². The molecule has 1 unspecified atom stereocenters. The van der Waals surface area contributed by atoms with E-state index in [0.29, 0.717) is 18.2 Å². The van der Waals surface area contributed by atoms with E-state index in [1.807, 2.05) is 35.0 Å². The van der Waals surface area contributed by atoms with Gasteiger partial charge in [0.1, 0.15) is 0 Å². The van der Waals surface area contributed by atoms with Crippen LogP contribution in [0.5, 0.6) is 0 Å². The molecule has 0 amide bonds. The van der Waals surface area contributed by atoms with Gasteiger partial charge in [-0.15, -0.1) is 5.10 Å². The van der Waals surface area contributed by atoms with E-state index in [-0.39, 0.29) is 5.78 Å². The third kappa shape index (κ3) is 3.03. The lowest BCUT2D eigenvalue weighted by Gasteiger charge is -2.19. The van der Waals surface area contributed by atoms with Gasteiger partial charge in [0.05, 0.1) is 16.9 Å². The number of nitrogens with zero attached hydrogens (tertiary/aromatic N) is 2. The Morgan fingerprint density at radius 2 is 1.73 bits per heavy atom. The number of aryl methyl sites for hydroxylation is 2. The summed E-state index contributed by atoms with van der Waals surface area (Å²) in [6, 6.07) is 16.3. The molecule has 1 atom stereocenters. The van der Waals surface area contributed by atoms with Crippen LogP contribution in [0.25, 0.3) is 5.69 Å². The number of anilines is 2. The maximum atomic E-state index is 12.8. The minimum atomic E-state index is 0.174. The van der Waals surface area contributed by atoms with Crippen LogP contribution in [0, 0.1) is 19.8 Å². The second kappa shape index (κ2) is 6.45. The van der Waals surface area contributed by atoms with Crippen LogP contribution in [0.4, 0.5) is 11.5 Å².